The molecule has 3 rings (SSSR count). The Labute approximate surface area is 182 Å². The van der Waals surface area contributed by atoms with E-state index in [2.05, 4.69) is 5.32 Å². The number of aromatic hydroxyl groups is 1. The average molecular weight is 423 g/mol. The van der Waals surface area contributed by atoms with E-state index in [1.54, 1.807) is 12.1 Å². The van der Waals surface area contributed by atoms with E-state index in [9.17, 15) is 20.4 Å². The fourth-order valence-corrected chi connectivity index (χ4v) is 3.51. The molecule has 6 nitrogen and oxygen atoms in total. The third-order valence-electron chi connectivity index (χ3n) is 5.32. The molecular formula is C25H30N2O4. The lowest BCUT2D eigenvalue weighted by Crippen LogP contribution is -2.25. The molecule has 3 aromatic rings. The smallest absolute Gasteiger partial charge is 0.121 e. The predicted octanol–water partition coefficient (Wildman–Crippen LogP) is 3.02. The van der Waals surface area contributed by atoms with E-state index in [0.29, 0.717) is 30.5 Å². The maximum absolute atomic E-state index is 10.5. The average Bonchev–Trinajstić information content (AvgIpc) is 2.79. The molecule has 0 radical (unpaired) electrons. The standard InChI is InChI=1S/C25H30N2O4/c26-21(14-24(30)19-8-11-23(29)20(13-19)16-28)12-17-6-9-22(10-7-17)27-15-25(31)18-4-2-1-3-5-18/h1-11,13,21,24-25,27-31H,12,14-16,26H2/t21?,24?,25-/m0/s1. The number of phenols is 1. The maximum Gasteiger partial charge on any atom is 0.121 e. The molecule has 0 spiro atoms. The molecule has 0 amide bonds. The van der Waals surface area contributed by atoms with Gasteiger partial charge in [-0.25, -0.2) is 0 Å². The highest BCUT2D eigenvalue weighted by Crippen LogP contribution is 2.25. The first kappa shape index (κ1) is 22.8. The zero-order chi connectivity index (χ0) is 22.2. The zero-order valence-electron chi connectivity index (χ0n) is 17.4. The first-order valence-corrected chi connectivity index (χ1v) is 10.4. The van der Waals surface area contributed by atoms with E-state index >= 15 is 0 Å². The lowest BCUT2D eigenvalue weighted by Gasteiger charge is -2.18. The Morgan fingerprint density at radius 2 is 1.55 bits per heavy atom. The second-order valence-electron chi connectivity index (χ2n) is 7.77. The van der Waals surface area contributed by atoms with Gasteiger partial charge in [0.25, 0.3) is 0 Å². The molecule has 3 aromatic carbocycles. The lowest BCUT2D eigenvalue weighted by molar-refractivity contribution is 0.157. The van der Waals surface area contributed by atoms with E-state index in [0.717, 1.165) is 16.8 Å². The van der Waals surface area contributed by atoms with Gasteiger partial charge < -0.3 is 31.5 Å². The van der Waals surface area contributed by atoms with Crippen molar-refractivity contribution in [2.24, 2.45) is 5.73 Å². The monoisotopic (exact) mass is 422 g/mol. The largest absolute Gasteiger partial charge is 0.508 e. The third-order valence-corrected chi connectivity index (χ3v) is 5.32. The van der Waals surface area contributed by atoms with Gasteiger partial charge in [-0.2, -0.15) is 0 Å². The van der Waals surface area contributed by atoms with Crippen LogP contribution in [0.3, 0.4) is 0 Å². The van der Waals surface area contributed by atoms with Gasteiger partial charge in [-0.3, -0.25) is 0 Å². The predicted molar refractivity (Wildman–Crippen MR) is 122 cm³/mol. The van der Waals surface area contributed by atoms with E-state index in [4.69, 9.17) is 5.73 Å². The molecule has 6 heteroatoms. The number of anilines is 1. The normalized spacial score (nSPS) is 14.1. The highest BCUT2D eigenvalue weighted by molar-refractivity contribution is 5.45. The van der Waals surface area contributed by atoms with Crippen molar-refractivity contribution in [3.05, 3.63) is 95.1 Å². The number of hydrogen-bond donors (Lipinski definition) is 6. The van der Waals surface area contributed by atoms with Crippen LogP contribution in [0.25, 0.3) is 0 Å². The van der Waals surface area contributed by atoms with Crippen LogP contribution in [0.2, 0.25) is 0 Å². The molecule has 0 saturated carbocycles. The van der Waals surface area contributed by atoms with Crippen LogP contribution in [-0.4, -0.2) is 33.0 Å². The van der Waals surface area contributed by atoms with Gasteiger partial charge in [-0.05, 0) is 53.8 Å². The van der Waals surface area contributed by atoms with Gasteiger partial charge in [0.05, 0.1) is 18.8 Å². The van der Waals surface area contributed by atoms with E-state index in [1.165, 1.54) is 6.07 Å². The molecule has 31 heavy (non-hydrogen) atoms. The van der Waals surface area contributed by atoms with Crippen molar-refractivity contribution in [1.29, 1.82) is 0 Å². The zero-order valence-corrected chi connectivity index (χ0v) is 17.4. The second-order valence-corrected chi connectivity index (χ2v) is 7.77. The Bertz CT molecular complexity index is 947. The quantitative estimate of drug-likeness (QED) is 0.299. The van der Waals surface area contributed by atoms with Crippen LogP contribution in [0.5, 0.6) is 5.75 Å². The van der Waals surface area contributed by atoms with Gasteiger partial charge in [-0.1, -0.05) is 48.5 Å². The van der Waals surface area contributed by atoms with Crippen molar-refractivity contribution in [1.82, 2.24) is 0 Å². The molecule has 7 N–H and O–H groups in total. The van der Waals surface area contributed by atoms with Gasteiger partial charge in [-0.15, -0.1) is 0 Å². The summed E-state index contributed by atoms with van der Waals surface area (Å²) in [6.07, 6.45) is -0.392. The summed E-state index contributed by atoms with van der Waals surface area (Å²) < 4.78 is 0. The molecule has 0 saturated heterocycles. The SMILES string of the molecule is NC(Cc1ccc(NC[C@H](O)c2ccccc2)cc1)CC(O)c1ccc(O)c(CO)c1. The van der Waals surface area contributed by atoms with Crippen LogP contribution >= 0.6 is 0 Å². The molecule has 164 valence electrons. The molecule has 0 fully saturated rings. The molecule has 0 aliphatic heterocycles. The second kappa shape index (κ2) is 10.9. The van der Waals surface area contributed by atoms with Crippen molar-refractivity contribution < 1.29 is 20.4 Å². The summed E-state index contributed by atoms with van der Waals surface area (Å²) >= 11 is 0. The molecular weight excluding hydrogens is 392 g/mol. The van der Waals surface area contributed by atoms with E-state index < -0.39 is 12.2 Å². The first-order chi connectivity index (χ1) is 15.0. The maximum atomic E-state index is 10.5. The Balaban J connectivity index is 1.49. The summed E-state index contributed by atoms with van der Waals surface area (Å²) in [5.41, 5.74) is 10.1. The summed E-state index contributed by atoms with van der Waals surface area (Å²) in [6, 6.07) is 21.8. The van der Waals surface area contributed by atoms with Gasteiger partial charge in [0.1, 0.15) is 5.75 Å². The van der Waals surface area contributed by atoms with Crippen LogP contribution < -0.4 is 11.1 Å². The van der Waals surface area contributed by atoms with Crippen molar-refractivity contribution in [2.45, 2.75) is 37.7 Å². The van der Waals surface area contributed by atoms with Crippen LogP contribution in [0, 0.1) is 0 Å². The number of nitrogens with two attached hydrogens (primary N) is 1. The molecule has 0 aliphatic rings. The fourth-order valence-electron chi connectivity index (χ4n) is 3.51. The van der Waals surface area contributed by atoms with Crippen LogP contribution in [-0.2, 0) is 13.0 Å². The van der Waals surface area contributed by atoms with Crippen LogP contribution in [0.4, 0.5) is 5.69 Å². The molecule has 3 atom stereocenters. The lowest BCUT2D eigenvalue weighted by atomic mass is 9.96. The Morgan fingerprint density at radius 3 is 2.23 bits per heavy atom. The summed E-state index contributed by atoms with van der Waals surface area (Å²) in [5.74, 6) is 0.00716. The summed E-state index contributed by atoms with van der Waals surface area (Å²) in [4.78, 5) is 0. The minimum atomic E-state index is -0.777. The van der Waals surface area contributed by atoms with Crippen LogP contribution in [0.15, 0.2) is 72.8 Å². The first-order valence-electron chi connectivity index (χ1n) is 10.4. The van der Waals surface area contributed by atoms with Crippen molar-refractivity contribution in [2.75, 3.05) is 11.9 Å². The molecule has 2 unspecified atom stereocenters. The fraction of sp³-hybridized carbons (Fsp3) is 0.280. The number of aliphatic hydroxyl groups excluding tert-OH is 3. The topological polar surface area (TPSA) is 119 Å². The Morgan fingerprint density at radius 1 is 0.839 bits per heavy atom. The van der Waals surface area contributed by atoms with Crippen molar-refractivity contribution in [3.8, 4) is 5.75 Å². The Hall–Kier alpha value is -2.90. The number of hydrogen-bond acceptors (Lipinski definition) is 6. The van der Waals surface area contributed by atoms with E-state index in [-0.39, 0.29) is 18.4 Å². The third kappa shape index (κ3) is 6.54. The molecule has 0 bridgehead atoms. The summed E-state index contributed by atoms with van der Waals surface area (Å²) in [6.45, 7) is 0.124. The number of aliphatic hydroxyl groups is 3. The van der Waals surface area contributed by atoms with Crippen molar-refractivity contribution in [3.63, 3.8) is 0 Å². The van der Waals surface area contributed by atoms with E-state index in [1.807, 2.05) is 54.6 Å². The van der Waals surface area contributed by atoms with Crippen molar-refractivity contribution >= 4 is 5.69 Å². The number of nitrogens with one attached hydrogen (secondary N) is 1. The highest BCUT2D eigenvalue weighted by atomic mass is 16.3. The van der Waals surface area contributed by atoms with Gasteiger partial charge in [0.15, 0.2) is 0 Å². The van der Waals surface area contributed by atoms with Gasteiger partial charge >= 0.3 is 0 Å². The minimum Gasteiger partial charge on any atom is -0.508 e. The highest BCUT2D eigenvalue weighted by Gasteiger charge is 2.15. The van der Waals surface area contributed by atoms with Crippen LogP contribution in [0.1, 0.15) is 40.9 Å². The molecule has 0 aromatic heterocycles. The number of benzene rings is 3. The summed E-state index contributed by atoms with van der Waals surface area (Å²) in [7, 11) is 0. The molecule has 0 heterocycles. The van der Waals surface area contributed by atoms with Gasteiger partial charge in [0.2, 0.25) is 0 Å². The minimum absolute atomic E-state index is 0.00716. The summed E-state index contributed by atoms with van der Waals surface area (Å²) in [5, 5.41) is 42.9. The Kier molecular flexibility index (Phi) is 8.03. The molecule has 0 aliphatic carbocycles. The van der Waals surface area contributed by atoms with Gasteiger partial charge in [0, 0.05) is 23.8 Å². The number of rotatable bonds is 10.